The number of piperidine rings is 2. The van der Waals surface area contributed by atoms with Gasteiger partial charge in [-0.3, -0.25) is 67.9 Å². The maximum atomic E-state index is 13.1. The SMILES string of the molecule is C#Cc1cn(CCCCNc2cccc3c2CN(C2CCC(=O)NC2=O)C3=O)nn1.Cc1c(C#Cc2cn(CCCCNc3cccc4c3CN(C3CCC(=O)NC3=O)C4=O)nn2)sc2c1C(c1ccc(Cl)cc1)=N[C@@H](C)c1nnc(C)n1-2.Cc1c(I)sc2c1C(c1ccc(Cl)cc1)=N[C@@H](C)c1nnc(C)n1-2.S=S=S=S=S=S=S=S=S=S.S=S=S=S=S=S=S=S=S=S=S=S=S=S=S=S=S=S. The van der Waals surface area contributed by atoms with Crippen molar-refractivity contribution in [2.75, 3.05) is 23.7 Å². The normalized spacial score (nSPS) is 15.4. The minimum absolute atomic E-state index is 0.0615. The van der Waals surface area contributed by atoms with E-state index in [1.165, 1.54) is 49.5 Å². The Morgan fingerprint density at radius 3 is 1.27 bits per heavy atom. The van der Waals surface area contributed by atoms with Crippen LogP contribution in [0.1, 0.15) is 182 Å². The lowest BCUT2D eigenvalue weighted by Gasteiger charge is -2.29. The second kappa shape index (κ2) is 56.6. The highest BCUT2D eigenvalue weighted by molar-refractivity contribution is 14.1. The molecule has 2 unspecified atom stereocenters. The predicted molar refractivity (Wildman–Crippen MR) is 622 cm³/mol. The molecule has 16 rings (SSSR count). The molecular weight excluding hydrogens is 2450 g/mol. The van der Waals surface area contributed by atoms with E-state index in [-0.39, 0.29) is 48.6 Å². The molecule has 0 spiro atoms. The quantitative estimate of drug-likeness (QED) is 0.0302. The number of aromatic nitrogens is 12. The maximum Gasteiger partial charge on any atom is 0.255 e. The third-order valence-corrected chi connectivity index (χ3v) is 73.1. The van der Waals surface area contributed by atoms with Crippen LogP contribution in [-0.2, 0) is 303 Å². The molecule has 712 valence electrons. The fraction of sp³-hybridized carbons (Fsp3) is 0.316. The number of amides is 6. The van der Waals surface area contributed by atoms with E-state index >= 15 is 0 Å². The summed E-state index contributed by atoms with van der Waals surface area (Å²) in [4.78, 5) is 87.8. The van der Waals surface area contributed by atoms with Gasteiger partial charge in [-0.1, -0.05) is 70.0 Å². The third kappa shape index (κ3) is 30.6. The molecule has 12 heterocycles. The molecule has 0 aliphatic carbocycles. The van der Waals surface area contributed by atoms with Gasteiger partial charge < -0.3 is 20.4 Å². The van der Waals surface area contributed by atoms with Gasteiger partial charge in [0.15, 0.2) is 23.0 Å². The van der Waals surface area contributed by atoms with Crippen LogP contribution >= 0.6 is 68.5 Å². The molecule has 6 aliphatic heterocycles. The molecule has 2 saturated heterocycles. The highest BCUT2D eigenvalue weighted by atomic mass is 127. The number of fused-ring (bicyclic) bond motifs is 8. The molecule has 4 atom stereocenters. The number of nitrogens with one attached hydrogen (secondary N) is 4. The first-order valence-electron chi connectivity index (χ1n) is 39.3. The van der Waals surface area contributed by atoms with Crippen molar-refractivity contribution in [3.8, 4) is 34.2 Å². The largest absolute Gasteiger partial charge is 0.385 e. The summed E-state index contributed by atoms with van der Waals surface area (Å²) in [5.74, 6) is 10.6. The summed E-state index contributed by atoms with van der Waals surface area (Å²) in [6.45, 7) is 15.8. The van der Waals surface area contributed by atoms with E-state index in [1.807, 2.05) is 99.8 Å². The zero-order valence-electron chi connectivity index (χ0n) is 70.5. The van der Waals surface area contributed by atoms with E-state index in [1.54, 1.807) is 238 Å². The Bertz CT molecular complexity index is 7610. The zero-order chi connectivity index (χ0) is 95.9. The van der Waals surface area contributed by atoms with Crippen LogP contribution in [0.4, 0.5) is 11.4 Å². The summed E-state index contributed by atoms with van der Waals surface area (Å²) in [5, 5.41) is 49.0. The highest BCUT2D eigenvalue weighted by Gasteiger charge is 2.42. The molecule has 0 radical (unpaired) electrons. The van der Waals surface area contributed by atoms with E-state index in [0.29, 0.717) is 66.6 Å². The van der Waals surface area contributed by atoms with Gasteiger partial charge in [0.05, 0.1) is 31.6 Å². The summed E-state index contributed by atoms with van der Waals surface area (Å²) in [6.07, 6.45) is 13.6. The fourth-order valence-corrected chi connectivity index (χ4v) is 72.4. The number of unbranched alkanes of at least 4 members (excludes halogenated alkanes) is 2. The number of thiophene rings is 2. The van der Waals surface area contributed by atoms with Crippen LogP contribution in [0.5, 0.6) is 0 Å². The zero-order valence-corrected chi connectivity index (χ0v) is 98.7. The molecule has 0 bridgehead atoms. The van der Waals surface area contributed by atoms with Crippen LogP contribution in [0.3, 0.4) is 0 Å². The Hall–Kier alpha value is -4.41. The van der Waals surface area contributed by atoms with Gasteiger partial charge in [0, 0.05) is 376 Å². The van der Waals surface area contributed by atoms with E-state index in [9.17, 15) is 28.8 Å². The monoisotopic (exact) mass is 2520 g/mol. The Balaban J connectivity index is 0.000000169. The van der Waals surface area contributed by atoms with E-state index in [2.05, 4.69) is 155 Å². The Morgan fingerprint density at radius 2 is 0.874 bits per heavy atom. The number of terminal acetylenes is 1. The number of carbonyl (C=O) groups excluding carboxylic acids is 6. The number of nitrogens with zero attached hydrogens (tertiary/aromatic N) is 16. The molecule has 26 nitrogen and oxygen atoms in total. The van der Waals surface area contributed by atoms with Crippen LogP contribution < -0.4 is 21.3 Å². The van der Waals surface area contributed by atoms with E-state index < -0.39 is 23.9 Å². The summed E-state index contributed by atoms with van der Waals surface area (Å²) in [7, 11) is 39.9. The summed E-state index contributed by atoms with van der Waals surface area (Å²) in [6, 6.07) is 25.3. The molecule has 6 aromatic heterocycles. The third-order valence-electron chi connectivity index (χ3n) is 20.0. The van der Waals surface area contributed by atoms with Crippen molar-refractivity contribution in [2.24, 2.45) is 9.98 Å². The van der Waals surface area contributed by atoms with Crippen molar-refractivity contribution in [3.05, 3.63) is 205 Å². The second-order valence-corrected chi connectivity index (χ2v) is 75.3. The highest BCUT2D eigenvalue weighted by Crippen LogP contribution is 2.42. The molecule has 4 N–H and O–H groups in total. The van der Waals surface area contributed by atoms with Crippen LogP contribution in [0.15, 0.2) is 107 Å². The van der Waals surface area contributed by atoms with Crippen molar-refractivity contribution in [1.82, 2.24) is 80.0 Å². The standard InChI is InChI=1S/C38H35ClN10O3S.C21H22N6O3.C17H14ClIN4S.S18.S10/c1-21-31(53-38-33(21)34(24-9-11-25(39)12-10-24)41-22(2)35-45-43-23(3)49(35)38)15-13-26-19-47(46-44-26)18-5-4-17-40-29-8-6-7-27-28(29)20-48(37(27)52)30-14-16-32(50)42-36(30)51;1-2-14-12-26(25-24-14)11-4-3-10-22-17-7-5-6-15-16(17)13-27(21(15)30)18-8-9-19(28)23-20(18)29;1-8-13-14(11-4-6-12(18)7-5-11)20-9(2)16-22-21-10(3)23(16)17(13)24-15(8)19;1-3-5-7-9-11-13-15-17-18-16-14-12-10-8-6-4-2;1-3-5-7-9-10-8-6-4-2/h6-12,19,22,30,40H,4-5,14,16-18,20H2,1-3H3,(H,42,50,51);1,5-7,12,18,22H,3-4,8-11,13H2,(H,23,28,29);4-7,9H,1-3H3;;/t22-,30?;;9-;;/m0.0../s1. The van der Waals surface area contributed by atoms with Gasteiger partial charge in [-0.25, -0.2) is 0 Å². The van der Waals surface area contributed by atoms with Crippen LogP contribution in [0.2, 0.25) is 10.0 Å². The average Bonchev–Trinajstić information content (AvgIpc) is 1.59. The first-order valence-corrected chi connectivity index (χ1v) is 77.4. The molecule has 6 aliphatic rings. The van der Waals surface area contributed by atoms with Crippen molar-refractivity contribution >= 4 is 385 Å². The maximum absolute atomic E-state index is 13.1. The van der Waals surface area contributed by atoms with Gasteiger partial charge in [-0.05, 0) is 180 Å². The molecule has 0 saturated carbocycles. The first kappa shape index (κ1) is 109. The summed E-state index contributed by atoms with van der Waals surface area (Å²) in [5.41, 5.74) is 14.2. The second-order valence-electron chi connectivity index (χ2n) is 28.1. The summed E-state index contributed by atoms with van der Waals surface area (Å²) < 4.78 is 9.02. The lowest BCUT2D eigenvalue weighted by atomic mass is 9.99. The predicted octanol–water partition coefficient (Wildman–Crippen LogP) is 11.1. The van der Waals surface area contributed by atoms with Gasteiger partial charge in [-0.15, -0.1) is 59.7 Å². The van der Waals surface area contributed by atoms with Gasteiger partial charge in [-0.2, -0.15) is 0 Å². The topological polar surface area (TPSA) is 305 Å². The first-order chi connectivity index (χ1) is 65.5. The Kier molecular flexibility index (Phi) is 45.9. The smallest absolute Gasteiger partial charge is 0.255 e. The van der Waals surface area contributed by atoms with Crippen molar-refractivity contribution in [3.63, 3.8) is 0 Å². The number of halogens is 3. The molecule has 59 heteroatoms. The Labute approximate surface area is 896 Å². The number of hydrogen-bond donors (Lipinski definition) is 4. The van der Waals surface area contributed by atoms with Crippen molar-refractivity contribution < 1.29 is 28.8 Å². The number of aliphatic imine (C=N–C) groups is 2. The van der Waals surface area contributed by atoms with Gasteiger partial charge in [0.25, 0.3) is 11.8 Å². The van der Waals surface area contributed by atoms with Gasteiger partial charge in [0.1, 0.15) is 45.8 Å². The minimum atomic E-state index is -0.638. The molecule has 6 amide bonds. The number of aryl methyl sites for hydroxylation is 4. The van der Waals surface area contributed by atoms with E-state index in [0.717, 1.165) is 138 Å². The Morgan fingerprint density at radius 1 is 0.489 bits per heavy atom. The summed E-state index contributed by atoms with van der Waals surface area (Å²) >= 11 is 36.8. The lowest BCUT2D eigenvalue weighted by Crippen LogP contribution is -2.52. The number of benzene rings is 4. The molecule has 2 fully saturated rings. The minimum Gasteiger partial charge on any atom is -0.385 e. The van der Waals surface area contributed by atoms with E-state index in [4.69, 9.17) is 62.0 Å². The molecule has 10 aromatic rings. The number of hydrogen-bond acceptors (Lipinski definition) is 24. The number of imide groups is 2. The fourth-order valence-electron chi connectivity index (χ4n) is 14.1. The lowest BCUT2D eigenvalue weighted by molar-refractivity contribution is -0.138. The molecular formula is C76H71Cl2IN20O6S30. The number of anilines is 2. The van der Waals surface area contributed by atoms with Crippen LogP contribution in [0, 0.1) is 54.8 Å². The number of carbonyl (C=O) groups is 6. The van der Waals surface area contributed by atoms with Gasteiger partial charge >= 0.3 is 0 Å². The molecule has 135 heavy (non-hydrogen) atoms. The molecule has 4 aromatic carbocycles. The van der Waals surface area contributed by atoms with Crippen LogP contribution in [0.25, 0.3) is 10.0 Å². The average molecular weight is 2520 g/mol. The van der Waals surface area contributed by atoms with Gasteiger partial charge in [0.2, 0.25) is 23.6 Å². The van der Waals surface area contributed by atoms with Crippen LogP contribution in [-0.4, -0.2) is 141 Å². The van der Waals surface area contributed by atoms with Crippen molar-refractivity contribution in [2.45, 2.75) is 143 Å². The van der Waals surface area contributed by atoms with Crippen molar-refractivity contribution in [1.29, 1.82) is 0 Å². The number of rotatable bonds is 16.